The summed E-state index contributed by atoms with van der Waals surface area (Å²) in [5, 5.41) is 22.6. The van der Waals surface area contributed by atoms with Crippen molar-refractivity contribution in [3.8, 4) is 22.9 Å². The molecular formula is C20H12N4O6. The summed E-state index contributed by atoms with van der Waals surface area (Å²) in [6.07, 6.45) is 0. The maximum Gasteiger partial charge on any atom is 0.318 e. The number of nitro benzene ring substituents is 2. The molecule has 0 saturated heterocycles. The predicted molar refractivity (Wildman–Crippen MR) is 108 cm³/mol. The first kappa shape index (κ1) is 18.7. The van der Waals surface area contributed by atoms with Crippen LogP contribution in [0, 0.1) is 20.2 Å². The Hall–Kier alpha value is -4.60. The fourth-order valence-electron chi connectivity index (χ4n) is 2.91. The molecule has 1 aromatic heterocycles. The third kappa shape index (κ3) is 3.56. The van der Waals surface area contributed by atoms with Gasteiger partial charge in [0.25, 0.3) is 11.2 Å². The van der Waals surface area contributed by atoms with Crippen LogP contribution in [-0.2, 0) is 0 Å². The molecule has 0 atom stereocenters. The van der Waals surface area contributed by atoms with Crippen LogP contribution in [0.3, 0.4) is 0 Å². The van der Waals surface area contributed by atoms with Crippen molar-refractivity contribution in [3.63, 3.8) is 0 Å². The van der Waals surface area contributed by atoms with E-state index in [0.29, 0.717) is 22.3 Å². The van der Waals surface area contributed by atoms with Crippen LogP contribution in [0.1, 0.15) is 0 Å². The fourth-order valence-corrected chi connectivity index (χ4v) is 2.91. The lowest BCUT2D eigenvalue weighted by molar-refractivity contribution is -0.394. The molecule has 0 aliphatic carbocycles. The van der Waals surface area contributed by atoms with Gasteiger partial charge in [0.15, 0.2) is 0 Å². The highest BCUT2D eigenvalue weighted by atomic mass is 16.6. The second-order valence-corrected chi connectivity index (χ2v) is 6.23. The van der Waals surface area contributed by atoms with Gasteiger partial charge in [0.1, 0.15) is 11.6 Å². The molecule has 148 valence electrons. The second kappa shape index (κ2) is 7.43. The number of nitrogens with zero attached hydrogens (tertiary/aromatic N) is 3. The molecule has 10 heteroatoms. The largest absolute Gasteiger partial charge is 0.450 e. The summed E-state index contributed by atoms with van der Waals surface area (Å²) in [6, 6.07) is 16.5. The van der Waals surface area contributed by atoms with Crippen LogP contribution in [-0.4, -0.2) is 19.8 Å². The van der Waals surface area contributed by atoms with Crippen molar-refractivity contribution in [1.82, 2.24) is 9.97 Å². The number of aromatic nitrogens is 2. The number of hydrogen-bond donors (Lipinski definition) is 1. The summed E-state index contributed by atoms with van der Waals surface area (Å²) >= 11 is 0. The Labute approximate surface area is 167 Å². The number of fused-ring (bicyclic) bond motifs is 1. The second-order valence-electron chi connectivity index (χ2n) is 6.23. The van der Waals surface area contributed by atoms with Gasteiger partial charge in [-0.05, 0) is 30.3 Å². The molecule has 30 heavy (non-hydrogen) atoms. The Balaban J connectivity index is 1.72. The zero-order valence-corrected chi connectivity index (χ0v) is 15.1. The van der Waals surface area contributed by atoms with Crippen LogP contribution in [0.5, 0.6) is 11.5 Å². The Morgan fingerprint density at radius 2 is 1.70 bits per heavy atom. The molecular weight excluding hydrogens is 392 g/mol. The lowest BCUT2D eigenvalue weighted by Gasteiger charge is -2.08. The molecule has 0 aliphatic heterocycles. The van der Waals surface area contributed by atoms with Crippen molar-refractivity contribution in [2.75, 3.05) is 0 Å². The summed E-state index contributed by atoms with van der Waals surface area (Å²) in [5.41, 5.74) is -0.200. The molecule has 0 fully saturated rings. The van der Waals surface area contributed by atoms with Crippen molar-refractivity contribution in [3.05, 3.63) is 97.3 Å². The van der Waals surface area contributed by atoms with Crippen molar-refractivity contribution < 1.29 is 14.6 Å². The standard InChI is InChI=1S/C20H12N4O6/c25-20-15-6-1-2-7-16(15)21-19(22-20)12-4-3-5-14(10-12)30-18-9-8-13(23(26)27)11-17(18)24(28)29/h1-11H,(H,21,22,25). The zero-order valence-electron chi connectivity index (χ0n) is 15.1. The Morgan fingerprint density at radius 3 is 2.47 bits per heavy atom. The Kier molecular flexibility index (Phi) is 4.64. The number of ether oxygens (including phenoxy) is 1. The smallest absolute Gasteiger partial charge is 0.318 e. The molecule has 4 aromatic rings. The first-order chi connectivity index (χ1) is 14.4. The number of non-ortho nitro benzene ring substituents is 1. The van der Waals surface area contributed by atoms with E-state index < -0.39 is 21.2 Å². The van der Waals surface area contributed by atoms with E-state index in [1.807, 2.05) is 0 Å². The number of para-hydroxylation sites is 1. The van der Waals surface area contributed by atoms with E-state index in [1.165, 1.54) is 6.07 Å². The highest BCUT2D eigenvalue weighted by Crippen LogP contribution is 2.35. The molecule has 0 bridgehead atoms. The summed E-state index contributed by atoms with van der Waals surface area (Å²) in [4.78, 5) is 40.1. The van der Waals surface area contributed by atoms with E-state index in [4.69, 9.17) is 4.74 Å². The SMILES string of the molecule is O=c1[nH]c(-c2cccc(Oc3ccc([N+](=O)[O-])cc3[N+](=O)[O-])c2)nc2ccccc12. The minimum Gasteiger partial charge on any atom is -0.450 e. The number of nitrogens with one attached hydrogen (secondary N) is 1. The third-order valence-electron chi connectivity index (χ3n) is 4.30. The van der Waals surface area contributed by atoms with Crippen LogP contribution in [0.25, 0.3) is 22.3 Å². The highest BCUT2D eigenvalue weighted by molar-refractivity contribution is 5.79. The first-order valence-electron chi connectivity index (χ1n) is 8.62. The van der Waals surface area contributed by atoms with Crippen LogP contribution in [0.4, 0.5) is 11.4 Å². The molecule has 0 radical (unpaired) electrons. The van der Waals surface area contributed by atoms with E-state index in [2.05, 4.69) is 9.97 Å². The fraction of sp³-hybridized carbons (Fsp3) is 0. The quantitative estimate of drug-likeness (QED) is 0.388. The lowest BCUT2D eigenvalue weighted by atomic mass is 10.2. The zero-order chi connectivity index (χ0) is 21.3. The van der Waals surface area contributed by atoms with Gasteiger partial charge in [-0.25, -0.2) is 4.98 Å². The number of nitro groups is 2. The van der Waals surface area contributed by atoms with Gasteiger partial charge in [0.05, 0.1) is 26.8 Å². The van der Waals surface area contributed by atoms with Crippen LogP contribution < -0.4 is 10.3 Å². The van der Waals surface area contributed by atoms with E-state index in [1.54, 1.807) is 48.5 Å². The van der Waals surface area contributed by atoms with E-state index in [-0.39, 0.29) is 17.1 Å². The lowest BCUT2D eigenvalue weighted by Crippen LogP contribution is -2.09. The summed E-state index contributed by atoms with van der Waals surface area (Å²) in [6.45, 7) is 0. The van der Waals surface area contributed by atoms with Gasteiger partial charge in [0.2, 0.25) is 5.75 Å². The first-order valence-corrected chi connectivity index (χ1v) is 8.62. The monoisotopic (exact) mass is 404 g/mol. The molecule has 1 heterocycles. The third-order valence-corrected chi connectivity index (χ3v) is 4.30. The summed E-state index contributed by atoms with van der Waals surface area (Å²) in [5.74, 6) is 0.394. The van der Waals surface area contributed by atoms with Gasteiger partial charge in [-0.3, -0.25) is 25.0 Å². The minimum absolute atomic E-state index is 0.150. The van der Waals surface area contributed by atoms with Crippen LogP contribution >= 0.6 is 0 Å². The van der Waals surface area contributed by atoms with Gasteiger partial charge < -0.3 is 9.72 Å². The minimum atomic E-state index is -0.755. The number of benzene rings is 3. The normalized spacial score (nSPS) is 10.7. The number of rotatable bonds is 5. The van der Waals surface area contributed by atoms with Gasteiger partial charge in [-0.1, -0.05) is 24.3 Å². The molecule has 0 amide bonds. The molecule has 0 aliphatic rings. The van der Waals surface area contributed by atoms with Crippen molar-refractivity contribution in [2.45, 2.75) is 0 Å². The summed E-state index contributed by atoms with van der Waals surface area (Å²) in [7, 11) is 0. The number of hydrogen-bond acceptors (Lipinski definition) is 7. The average molecular weight is 404 g/mol. The Bertz CT molecular complexity index is 1370. The van der Waals surface area contributed by atoms with Gasteiger partial charge >= 0.3 is 5.69 Å². The van der Waals surface area contributed by atoms with E-state index in [0.717, 1.165) is 12.1 Å². The van der Waals surface area contributed by atoms with E-state index >= 15 is 0 Å². The van der Waals surface area contributed by atoms with Crippen molar-refractivity contribution >= 4 is 22.3 Å². The van der Waals surface area contributed by atoms with Gasteiger partial charge in [0, 0.05) is 11.6 Å². The van der Waals surface area contributed by atoms with Crippen LogP contribution in [0.15, 0.2) is 71.5 Å². The number of aromatic amines is 1. The van der Waals surface area contributed by atoms with Crippen molar-refractivity contribution in [2.24, 2.45) is 0 Å². The average Bonchev–Trinajstić information content (AvgIpc) is 2.74. The number of H-pyrrole nitrogens is 1. The molecule has 10 nitrogen and oxygen atoms in total. The Morgan fingerprint density at radius 1 is 0.900 bits per heavy atom. The molecule has 4 rings (SSSR count). The summed E-state index contributed by atoms with van der Waals surface area (Å²) < 4.78 is 5.60. The highest BCUT2D eigenvalue weighted by Gasteiger charge is 2.21. The van der Waals surface area contributed by atoms with Gasteiger partial charge in [-0.15, -0.1) is 0 Å². The maximum absolute atomic E-state index is 12.3. The van der Waals surface area contributed by atoms with Crippen LogP contribution in [0.2, 0.25) is 0 Å². The van der Waals surface area contributed by atoms with Crippen molar-refractivity contribution in [1.29, 1.82) is 0 Å². The maximum atomic E-state index is 12.3. The molecule has 0 spiro atoms. The molecule has 0 unspecified atom stereocenters. The van der Waals surface area contributed by atoms with E-state index in [9.17, 15) is 25.0 Å². The molecule has 3 aromatic carbocycles. The van der Waals surface area contributed by atoms with Gasteiger partial charge in [-0.2, -0.15) is 0 Å². The predicted octanol–water partition coefficient (Wildman–Crippen LogP) is 4.20. The topological polar surface area (TPSA) is 141 Å². The molecule has 0 saturated carbocycles. The molecule has 1 N–H and O–H groups in total.